The molecule has 1 aromatic carbocycles. The number of anilines is 1. The van der Waals surface area contributed by atoms with Gasteiger partial charge in [-0.2, -0.15) is 0 Å². The van der Waals surface area contributed by atoms with E-state index in [4.69, 9.17) is 0 Å². The van der Waals surface area contributed by atoms with Crippen molar-refractivity contribution < 1.29 is 4.39 Å². The van der Waals surface area contributed by atoms with Crippen LogP contribution >= 0.6 is 0 Å². The van der Waals surface area contributed by atoms with Crippen molar-refractivity contribution in [2.24, 2.45) is 0 Å². The van der Waals surface area contributed by atoms with E-state index in [1.165, 1.54) is 0 Å². The third-order valence-electron chi connectivity index (χ3n) is 3.94. The zero-order valence-electron chi connectivity index (χ0n) is 11.5. The molecule has 2 atom stereocenters. The van der Waals surface area contributed by atoms with Crippen LogP contribution in [0.5, 0.6) is 0 Å². The van der Waals surface area contributed by atoms with Gasteiger partial charge in [-0.05, 0) is 31.4 Å². The van der Waals surface area contributed by atoms with Crippen LogP contribution in [0.2, 0.25) is 0 Å². The van der Waals surface area contributed by atoms with Crippen LogP contribution < -0.4 is 10.2 Å². The van der Waals surface area contributed by atoms with Gasteiger partial charge in [0.15, 0.2) is 0 Å². The van der Waals surface area contributed by atoms with Crippen LogP contribution in [0.3, 0.4) is 0 Å². The van der Waals surface area contributed by atoms with Gasteiger partial charge in [-0.1, -0.05) is 26.0 Å². The minimum absolute atomic E-state index is 0.0623. The van der Waals surface area contributed by atoms with E-state index in [-0.39, 0.29) is 5.82 Å². The number of piperazine rings is 1. The van der Waals surface area contributed by atoms with Crippen LogP contribution in [0.25, 0.3) is 0 Å². The standard InChI is InChI=1S/C15H23FN2/c1-4-12-10-18(13(5-2)9-17-12)14-8-6-7-11(3)15(14)16/h6-8,12-13,17H,4-5,9-10H2,1-3H3. The molecule has 2 rings (SSSR count). The van der Waals surface area contributed by atoms with Crippen LogP contribution in [0.4, 0.5) is 10.1 Å². The van der Waals surface area contributed by atoms with Gasteiger partial charge in [0.25, 0.3) is 0 Å². The van der Waals surface area contributed by atoms with Gasteiger partial charge in [0.05, 0.1) is 5.69 Å². The van der Waals surface area contributed by atoms with Crippen molar-refractivity contribution in [1.82, 2.24) is 5.32 Å². The second-order valence-electron chi connectivity index (χ2n) is 5.14. The maximum atomic E-state index is 14.3. The van der Waals surface area contributed by atoms with E-state index in [2.05, 4.69) is 24.1 Å². The summed E-state index contributed by atoms with van der Waals surface area (Å²) in [5.74, 6) is -0.0623. The van der Waals surface area contributed by atoms with Crippen LogP contribution in [0.15, 0.2) is 18.2 Å². The van der Waals surface area contributed by atoms with Crippen molar-refractivity contribution in [3.8, 4) is 0 Å². The van der Waals surface area contributed by atoms with Crippen molar-refractivity contribution in [2.45, 2.75) is 45.7 Å². The lowest BCUT2D eigenvalue weighted by molar-refractivity contribution is 0.375. The summed E-state index contributed by atoms with van der Waals surface area (Å²) >= 11 is 0. The molecule has 1 aliphatic heterocycles. The van der Waals surface area contributed by atoms with Crippen LogP contribution in [0.1, 0.15) is 32.3 Å². The fraction of sp³-hybridized carbons (Fsp3) is 0.600. The van der Waals surface area contributed by atoms with E-state index in [0.717, 1.165) is 37.2 Å². The monoisotopic (exact) mass is 250 g/mol. The topological polar surface area (TPSA) is 15.3 Å². The van der Waals surface area contributed by atoms with E-state index >= 15 is 0 Å². The summed E-state index contributed by atoms with van der Waals surface area (Å²) in [5, 5.41) is 3.54. The Bertz CT molecular complexity index is 405. The molecule has 0 spiro atoms. The second-order valence-corrected chi connectivity index (χ2v) is 5.14. The summed E-state index contributed by atoms with van der Waals surface area (Å²) in [7, 11) is 0. The van der Waals surface area contributed by atoms with E-state index in [0.29, 0.717) is 12.1 Å². The highest BCUT2D eigenvalue weighted by atomic mass is 19.1. The summed E-state index contributed by atoms with van der Waals surface area (Å²) in [5.41, 5.74) is 1.50. The van der Waals surface area contributed by atoms with Crippen molar-refractivity contribution in [3.05, 3.63) is 29.6 Å². The first kappa shape index (κ1) is 13.3. The number of benzene rings is 1. The lowest BCUT2D eigenvalue weighted by Crippen LogP contribution is -2.56. The van der Waals surface area contributed by atoms with Gasteiger partial charge >= 0.3 is 0 Å². The average molecular weight is 250 g/mol. The first-order valence-electron chi connectivity index (χ1n) is 6.92. The summed E-state index contributed by atoms with van der Waals surface area (Å²) in [6, 6.07) is 6.54. The number of nitrogens with one attached hydrogen (secondary N) is 1. The van der Waals surface area contributed by atoms with E-state index in [1.54, 1.807) is 0 Å². The molecule has 0 radical (unpaired) electrons. The zero-order valence-corrected chi connectivity index (χ0v) is 11.5. The second kappa shape index (κ2) is 5.70. The predicted octanol–water partition coefficient (Wildman–Crippen LogP) is 3.10. The molecule has 1 N–H and O–H groups in total. The Morgan fingerprint density at radius 2 is 2.11 bits per heavy atom. The molecular formula is C15H23FN2. The molecule has 1 saturated heterocycles. The predicted molar refractivity (Wildman–Crippen MR) is 74.6 cm³/mol. The van der Waals surface area contributed by atoms with Gasteiger partial charge in [0, 0.05) is 25.2 Å². The molecule has 1 heterocycles. The SMILES string of the molecule is CCC1CN(c2cccc(C)c2F)C(CC)CN1. The fourth-order valence-electron chi connectivity index (χ4n) is 2.65. The van der Waals surface area contributed by atoms with Crippen molar-refractivity contribution in [2.75, 3.05) is 18.0 Å². The summed E-state index contributed by atoms with van der Waals surface area (Å²) < 4.78 is 14.3. The molecule has 1 aromatic rings. The number of hydrogen-bond donors (Lipinski definition) is 1. The molecule has 1 fully saturated rings. The Hall–Kier alpha value is -1.09. The highest BCUT2D eigenvalue weighted by Gasteiger charge is 2.27. The van der Waals surface area contributed by atoms with Gasteiger partial charge in [-0.25, -0.2) is 4.39 Å². The average Bonchev–Trinajstić information content (AvgIpc) is 2.41. The molecule has 100 valence electrons. The zero-order chi connectivity index (χ0) is 13.1. The summed E-state index contributed by atoms with van der Waals surface area (Å²) in [6.07, 6.45) is 2.12. The number of hydrogen-bond acceptors (Lipinski definition) is 2. The molecule has 0 amide bonds. The van der Waals surface area contributed by atoms with Gasteiger partial charge in [-0.15, -0.1) is 0 Å². The Balaban J connectivity index is 2.29. The van der Waals surface area contributed by atoms with Crippen molar-refractivity contribution in [3.63, 3.8) is 0 Å². The van der Waals surface area contributed by atoms with Gasteiger partial charge < -0.3 is 10.2 Å². The molecule has 18 heavy (non-hydrogen) atoms. The maximum Gasteiger partial charge on any atom is 0.149 e. The fourth-order valence-corrected chi connectivity index (χ4v) is 2.65. The van der Waals surface area contributed by atoms with Crippen molar-refractivity contribution >= 4 is 5.69 Å². The number of nitrogens with zero attached hydrogens (tertiary/aromatic N) is 1. The quantitative estimate of drug-likeness (QED) is 0.886. The molecule has 1 aliphatic rings. The Labute approximate surface area is 109 Å². The molecule has 0 saturated carbocycles. The molecule has 0 bridgehead atoms. The Morgan fingerprint density at radius 1 is 1.33 bits per heavy atom. The third-order valence-corrected chi connectivity index (χ3v) is 3.94. The molecular weight excluding hydrogens is 227 g/mol. The lowest BCUT2D eigenvalue weighted by Gasteiger charge is -2.41. The van der Waals surface area contributed by atoms with E-state index < -0.39 is 0 Å². The lowest BCUT2D eigenvalue weighted by atomic mass is 10.0. The number of aryl methyl sites for hydroxylation is 1. The minimum atomic E-state index is -0.0623. The number of halogens is 1. The van der Waals surface area contributed by atoms with Crippen molar-refractivity contribution in [1.29, 1.82) is 0 Å². The van der Waals surface area contributed by atoms with E-state index in [9.17, 15) is 4.39 Å². The molecule has 3 heteroatoms. The normalized spacial score (nSPS) is 24.3. The van der Waals surface area contributed by atoms with Gasteiger partial charge in [0.2, 0.25) is 0 Å². The Morgan fingerprint density at radius 3 is 2.78 bits per heavy atom. The van der Waals surface area contributed by atoms with Gasteiger partial charge in [-0.3, -0.25) is 0 Å². The number of rotatable bonds is 3. The van der Waals surface area contributed by atoms with Crippen LogP contribution in [0, 0.1) is 12.7 Å². The first-order chi connectivity index (χ1) is 8.67. The molecule has 0 aromatic heterocycles. The van der Waals surface area contributed by atoms with Crippen LogP contribution in [-0.4, -0.2) is 25.2 Å². The molecule has 2 nitrogen and oxygen atoms in total. The summed E-state index contributed by atoms with van der Waals surface area (Å²) in [4.78, 5) is 2.24. The summed E-state index contributed by atoms with van der Waals surface area (Å²) in [6.45, 7) is 8.02. The largest absolute Gasteiger partial charge is 0.363 e. The minimum Gasteiger partial charge on any atom is -0.363 e. The van der Waals surface area contributed by atoms with Crippen LogP contribution in [-0.2, 0) is 0 Å². The molecule has 2 unspecified atom stereocenters. The third kappa shape index (κ3) is 2.51. The maximum absolute atomic E-state index is 14.3. The Kier molecular flexibility index (Phi) is 4.23. The first-order valence-corrected chi connectivity index (χ1v) is 6.92. The molecule has 0 aliphatic carbocycles. The highest BCUT2D eigenvalue weighted by Crippen LogP contribution is 2.26. The smallest absolute Gasteiger partial charge is 0.149 e. The van der Waals surface area contributed by atoms with E-state index in [1.807, 2.05) is 25.1 Å². The highest BCUT2D eigenvalue weighted by molar-refractivity contribution is 5.51. The van der Waals surface area contributed by atoms with Gasteiger partial charge in [0.1, 0.15) is 5.82 Å².